The molecule has 2 aromatic carbocycles. The summed E-state index contributed by atoms with van der Waals surface area (Å²) in [6.07, 6.45) is 1.11. The van der Waals surface area contributed by atoms with Crippen LogP contribution in [-0.4, -0.2) is 26.6 Å². The summed E-state index contributed by atoms with van der Waals surface area (Å²) < 4.78 is 25.9. The Morgan fingerprint density at radius 2 is 1.54 bits per heavy atom. The zero-order valence-corrected chi connectivity index (χ0v) is 16.9. The molecular weight excluding hydrogens is 348 g/mol. The maximum Gasteiger partial charge on any atom is 0.247 e. The number of anilines is 2. The van der Waals surface area contributed by atoms with Crippen molar-refractivity contribution >= 4 is 27.3 Å². The molecular formula is C20H26N2O3S. The quantitative estimate of drug-likeness (QED) is 0.867. The predicted octanol–water partition coefficient (Wildman–Crippen LogP) is 3.71. The molecule has 0 aromatic heterocycles. The summed E-state index contributed by atoms with van der Waals surface area (Å²) in [5, 5.41) is 2.83. The van der Waals surface area contributed by atoms with Crippen molar-refractivity contribution in [3.05, 3.63) is 58.7 Å². The lowest BCUT2D eigenvalue weighted by atomic mass is 10.1. The average molecular weight is 375 g/mol. The van der Waals surface area contributed by atoms with Crippen molar-refractivity contribution in [3.8, 4) is 0 Å². The number of amides is 1. The summed E-state index contributed by atoms with van der Waals surface area (Å²) in [7, 11) is -3.63. The second kappa shape index (κ2) is 7.50. The summed E-state index contributed by atoms with van der Waals surface area (Å²) in [5.74, 6) is -0.376. The molecule has 6 heteroatoms. The van der Waals surface area contributed by atoms with E-state index >= 15 is 0 Å². The molecule has 5 nitrogen and oxygen atoms in total. The van der Waals surface area contributed by atoms with E-state index in [9.17, 15) is 13.2 Å². The number of benzene rings is 2. The van der Waals surface area contributed by atoms with Crippen LogP contribution in [0.2, 0.25) is 0 Å². The standard InChI is InChI=1S/C20H26N2O3S/c1-13-9-14(2)11-18(10-13)21-20(23)17(5)22(26(6,24)25)19-8-7-15(3)16(4)12-19/h7-12,17H,1-6H3,(H,21,23)/t17-/m1/s1. The molecule has 0 aliphatic heterocycles. The maximum atomic E-state index is 12.7. The van der Waals surface area contributed by atoms with Crippen LogP contribution < -0.4 is 9.62 Å². The first-order valence-electron chi connectivity index (χ1n) is 8.45. The molecule has 1 N–H and O–H groups in total. The van der Waals surface area contributed by atoms with E-state index < -0.39 is 16.1 Å². The van der Waals surface area contributed by atoms with Gasteiger partial charge in [0.25, 0.3) is 0 Å². The van der Waals surface area contributed by atoms with Crippen molar-refractivity contribution < 1.29 is 13.2 Å². The second-order valence-electron chi connectivity index (χ2n) is 6.87. The van der Waals surface area contributed by atoms with Gasteiger partial charge < -0.3 is 5.32 Å². The van der Waals surface area contributed by atoms with Crippen molar-refractivity contribution in [2.24, 2.45) is 0 Å². The van der Waals surface area contributed by atoms with Crippen LogP contribution in [0.1, 0.15) is 29.2 Å². The third kappa shape index (κ3) is 4.64. The number of aryl methyl sites for hydroxylation is 4. The lowest BCUT2D eigenvalue weighted by Crippen LogP contribution is -2.45. The number of hydrogen-bond donors (Lipinski definition) is 1. The molecule has 0 heterocycles. The maximum absolute atomic E-state index is 12.7. The zero-order chi connectivity index (χ0) is 19.6. The predicted molar refractivity (Wildman–Crippen MR) is 107 cm³/mol. The number of carbonyl (C=O) groups excluding carboxylic acids is 1. The fourth-order valence-corrected chi connectivity index (χ4v) is 4.13. The van der Waals surface area contributed by atoms with Crippen LogP contribution in [-0.2, 0) is 14.8 Å². The topological polar surface area (TPSA) is 66.5 Å². The van der Waals surface area contributed by atoms with E-state index in [1.807, 2.05) is 52.0 Å². The van der Waals surface area contributed by atoms with Crippen molar-refractivity contribution in [2.45, 2.75) is 40.7 Å². The Labute approximate surface area is 156 Å². The second-order valence-corrected chi connectivity index (χ2v) is 8.73. The molecule has 2 rings (SSSR count). The molecule has 0 fully saturated rings. The normalized spacial score (nSPS) is 12.5. The lowest BCUT2D eigenvalue weighted by molar-refractivity contribution is -0.116. The fourth-order valence-electron chi connectivity index (χ4n) is 2.97. The van der Waals surface area contributed by atoms with Gasteiger partial charge >= 0.3 is 0 Å². The molecule has 0 aliphatic carbocycles. The first-order valence-corrected chi connectivity index (χ1v) is 10.3. The van der Waals surface area contributed by atoms with Crippen LogP contribution in [0.15, 0.2) is 36.4 Å². The number of hydrogen-bond acceptors (Lipinski definition) is 3. The third-order valence-corrected chi connectivity index (χ3v) is 5.56. The smallest absolute Gasteiger partial charge is 0.247 e. The van der Waals surface area contributed by atoms with Crippen LogP contribution in [0.3, 0.4) is 0 Å². The van der Waals surface area contributed by atoms with E-state index in [4.69, 9.17) is 0 Å². The number of sulfonamides is 1. The number of carbonyl (C=O) groups is 1. The Balaban J connectivity index is 2.35. The van der Waals surface area contributed by atoms with Gasteiger partial charge in [0.05, 0.1) is 11.9 Å². The average Bonchev–Trinajstić information content (AvgIpc) is 2.48. The first kappa shape index (κ1) is 20.0. The van der Waals surface area contributed by atoms with E-state index in [0.29, 0.717) is 11.4 Å². The SMILES string of the molecule is Cc1cc(C)cc(NC(=O)[C@@H](C)N(c2ccc(C)c(C)c2)S(C)(=O)=O)c1. The largest absolute Gasteiger partial charge is 0.324 e. The number of nitrogens with one attached hydrogen (secondary N) is 1. The van der Waals surface area contributed by atoms with Crippen molar-refractivity contribution in [2.75, 3.05) is 15.9 Å². The van der Waals surface area contributed by atoms with Gasteiger partial charge in [-0.05, 0) is 81.1 Å². The molecule has 2 aromatic rings. The minimum absolute atomic E-state index is 0.376. The summed E-state index contributed by atoms with van der Waals surface area (Å²) >= 11 is 0. The van der Waals surface area contributed by atoms with E-state index in [-0.39, 0.29) is 5.91 Å². The van der Waals surface area contributed by atoms with Gasteiger partial charge in [-0.15, -0.1) is 0 Å². The minimum atomic E-state index is -3.63. The van der Waals surface area contributed by atoms with Crippen LogP contribution >= 0.6 is 0 Å². The number of nitrogens with zero attached hydrogens (tertiary/aromatic N) is 1. The van der Waals surface area contributed by atoms with Crippen LogP contribution in [0.5, 0.6) is 0 Å². The van der Waals surface area contributed by atoms with Gasteiger partial charge in [0, 0.05) is 5.69 Å². The van der Waals surface area contributed by atoms with E-state index in [2.05, 4.69) is 5.32 Å². The Bertz CT molecular complexity index is 916. The minimum Gasteiger partial charge on any atom is -0.324 e. The van der Waals surface area contributed by atoms with Crippen molar-refractivity contribution in [3.63, 3.8) is 0 Å². The molecule has 0 unspecified atom stereocenters. The Kier molecular flexibility index (Phi) is 5.76. The molecule has 26 heavy (non-hydrogen) atoms. The Morgan fingerprint density at radius 1 is 0.962 bits per heavy atom. The van der Waals surface area contributed by atoms with Crippen LogP contribution in [0.25, 0.3) is 0 Å². The van der Waals surface area contributed by atoms with Crippen molar-refractivity contribution in [1.29, 1.82) is 0 Å². The number of rotatable bonds is 5. The molecule has 140 valence electrons. The van der Waals surface area contributed by atoms with E-state index in [0.717, 1.165) is 32.8 Å². The van der Waals surface area contributed by atoms with Crippen LogP contribution in [0.4, 0.5) is 11.4 Å². The van der Waals surface area contributed by atoms with Crippen LogP contribution in [0, 0.1) is 27.7 Å². The van der Waals surface area contributed by atoms with Gasteiger partial charge in [-0.1, -0.05) is 12.1 Å². The van der Waals surface area contributed by atoms with E-state index in [1.54, 1.807) is 19.1 Å². The summed E-state index contributed by atoms with van der Waals surface area (Å²) in [6.45, 7) is 9.36. The van der Waals surface area contributed by atoms with Gasteiger partial charge in [-0.3, -0.25) is 9.10 Å². The Morgan fingerprint density at radius 3 is 2.04 bits per heavy atom. The molecule has 0 saturated heterocycles. The van der Waals surface area contributed by atoms with E-state index in [1.165, 1.54) is 0 Å². The van der Waals surface area contributed by atoms with Gasteiger partial charge in [-0.2, -0.15) is 0 Å². The fraction of sp³-hybridized carbons (Fsp3) is 0.350. The third-order valence-electron chi connectivity index (χ3n) is 4.32. The van der Waals surface area contributed by atoms with Crippen molar-refractivity contribution in [1.82, 2.24) is 0 Å². The van der Waals surface area contributed by atoms with Gasteiger partial charge in [-0.25, -0.2) is 8.42 Å². The summed E-state index contributed by atoms with van der Waals surface area (Å²) in [5.41, 5.74) is 5.24. The summed E-state index contributed by atoms with van der Waals surface area (Å²) in [6, 6.07) is 10.2. The molecule has 0 aliphatic rings. The molecule has 0 radical (unpaired) electrons. The van der Waals surface area contributed by atoms with Gasteiger partial charge in [0.15, 0.2) is 0 Å². The molecule has 0 bridgehead atoms. The van der Waals surface area contributed by atoms with Gasteiger partial charge in [0.1, 0.15) is 6.04 Å². The molecule has 1 amide bonds. The highest BCUT2D eigenvalue weighted by Crippen LogP contribution is 2.24. The zero-order valence-electron chi connectivity index (χ0n) is 16.1. The molecule has 1 atom stereocenters. The van der Waals surface area contributed by atoms with Gasteiger partial charge in [0.2, 0.25) is 15.9 Å². The monoisotopic (exact) mass is 374 g/mol. The highest BCUT2D eigenvalue weighted by molar-refractivity contribution is 7.92. The molecule has 0 spiro atoms. The Hall–Kier alpha value is -2.34. The summed E-state index contributed by atoms with van der Waals surface area (Å²) in [4.78, 5) is 12.7. The first-order chi connectivity index (χ1) is 12.0. The highest BCUT2D eigenvalue weighted by Gasteiger charge is 2.29. The lowest BCUT2D eigenvalue weighted by Gasteiger charge is -2.28. The molecule has 0 saturated carbocycles. The highest BCUT2D eigenvalue weighted by atomic mass is 32.2.